The van der Waals surface area contributed by atoms with Gasteiger partial charge in [-0.3, -0.25) is 4.79 Å². The van der Waals surface area contributed by atoms with Crippen LogP contribution in [0.4, 0.5) is 0 Å². The van der Waals surface area contributed by atoms with Gasteiger partial charge in [-0.2, -0.15) is 0 Å². The van der Waals surface area contributed by atoms with Gasteiger partial charge in [0.05, 0.1) is 0 Å². The number of ketones is 1. The van der Waals surface area contributed by atoms with E-state index in [0.29, 0.717) is 11.1 Å². The van der Waals surface area contributed by atoms with Gasteiger partial charge in [-0.05, 0) is 45.4 Å². The van der Waals surface area contributed by atoms with Gasteiger partial charge in [-0.15, -0.1) is 0 Å². The minimum absolute atomic E-state index is 0.248. The molecule has 0 bridgehead atoms. The lowest BCUT2D eigenvalue weighted by molar-refractivity contribution is 0.0747. The number of rotatable bonds is 3. The minimum atomic E-state index is -1.10. The van der Waals surface area contributed by atoms with Crippen molar-refractivity contribution in [3.63, 3.8) is 0 Å². The first-order chi connectivity index (χ1) is 9.36. The van der Waals surface area contributed by atoms with E-state index in [-0.39, 0.29) is 5.78 Å². The molecule has 0 saturated heterocycles. The number of carbonyl (C=O) groups is 1. The molecule has 2 heteroatoms. The highest BCUT2D eigenvalue weighted by molar-refractivity contribution is 6.00. The van der Waals surface area contributed by atoms with Crippen molar-refractivity contribution in [3.05, 3.63) is 69.8 Å². The monoisotopic (exact) mass is 268 g/mol. The van der Waals surface area contributed by atoms with Gasteiger partial charge in [0.25, 0.3) is 0 Å². The Morgan fingerprint density at radius 2 is 1.20 bits per heavy atom. The van der Waals surface area contributed by atoms with E-state index < -0.39 is 6.10 Å². The number of hydrogen-bond donors (Lipinski definition) is 1. The van der Waals surface area contributed by atoms with Crippen LogP contribution in [0, 0.1) is 27.7 Å². The molecule has 0 radical (unpaired) electrons. The van der Waals surface area contributed by atoms with Crippen LogP contribution >= 0.6 is 0 Å². The molecule has 1 N–H and O–H groups in total. The Morgan fingerprint density at radius 1 is 0.800 bits per heavy atom. The number of benzene rings is 2. The van der Waals surface area contributed by atoms with E-state index in [9.17, 15) is 9.90 Å². The first kappa shape index (κ1) is 14.5. The molecule has 104 valence electrons. The van der Waals surface area contributed by atoms with Crippen LogP contribution in [-0.4, -0.2) is 10.9 Å². The molecule has 0 saturated carbocycles. The van der Waals surface area contributed by atoms with Gasteiger partial charge in [-0.25, -0.2) is 0 Å². The maximum absolute atomic E-state index is 12.4. The maximum Gasteiger partial charge on any atom is 0.195 e. The van der Waals surface area contributed by atoms with E-state index in [0.717, 1.165) is 22.3 Å². The molecule has 2 aromatic rings. The van der Waals surface area contributed by atoms with Gasteiger partial charge in [0, 0.05) is 5.56 Å². The standard InChI is InChI=1S/C18H20O2/c1-11-5-12(2)8-15(7-11)17(19)18(20)16-9-13(3)6-14(4)10-16/h5-10,17,19H,1-4H3. The Balaban J connectivity index is 2.36. The van der Waals surface area contributed by atoms with Crippen molar-refractivity contribution in [1.29, 1.82) is 0 Å². The smallest absolute Gasteiger partial charge is 0.195 e. The fourth-order valence-electron chi connectivity index (χ4n) is 2.59. The van der Waals surface area contributed by atoms with Crippen molar-refractivity contribution < 1.29 is 9.90 Å². The minimum Gasteiger partial charge on any atom is -0.380 e. The van der Waals surface area contributed by atoms with E-state index in [1.165, 1.54) is 0 Å². The highest BCUT2D eigenvalue weighted by atomic mass is 16.3. The van der Waals surface area contributed by atoms with Crippen molar-refractivity contribution in [2.24, 2.45) is 0 Å². The van der Waals surface area contributed by atoms with Gasteiger partial charge in [0.2, 0.25) is 0 Å². The van der Waals surface area contributed by atoms with E-state index in [2.05, 4.69) is 0 Å². The summed E-state index contributed by atoms with van der Waals surface area (Å²) in [4.78, 5) is 12.4. The second kappa shape index (κ2) is 5.59. The Hall–Kier alpha value is -1.93. The average molecular weight is 268 g/mol. The SMILES string of the molecule is Cc1cc(C)cc(C(=O)C(O)c2cc(C)cc(C)c2)c1. The summed E-state index contributed by atoms with van der Waals surface area (Å²) in [6, 6.07) is 11.4. The molecule has 1 atom stereocenters. The molecule has 2 rings (SSSR count). The number of aryl methyl sites for hydroxylation is 4. The van der Waals surface area contributed by atoms with Gasteiger partial charge >= 0.3 is 0 Å². The molecule has 0 aliphatic carbocycles. The molecule has 0 spiro atoms. The lowest BCUT2D eigenvalue weighted by Crippen LogP contribution is -2.13. The molecule has 0 aliphatic rings. The topological polar surface area (TPSA) is 37.3 Å². The summed E-state index contributed by atoms with van der Waals surface area (Å²) in [7, 11) is 0. The lowest BCUT2D eigenvalue weighted by Gasteiger charge is -2.13. The van der Waals surface area contributed by atoms with Gasteiger partial charge in [-0.1, -0.05) is 46.5 Å². The third-order valence-corrected chi connectivity index (χ3v) is 3.31. The summed E-state index contributed by atoms with van der Waals surface area (Å²) in [5.74, 6) is -0.248. The lowest BCUT2D eigenvalue weighted by atomic mass is 9.95. The third kappa shape index (κ3) is 3.14. The average Bonchev–Trinajstić information content (AvgIpc) is 2.34. The zero-order valence-electron chi connectivity index (χ0n) is 12.4. The Bertz CT molecular complexity index is 616. The van der Waals surface area contributed by atoms with Crippen molar-refractivity contribution in [1.82, 2.24) is 0 Å². The quantitative estimate of drug-likeness (QED) is 0.859. The van der Waals surface area contributed by atoms with Gasteiger partial charge in [0.1, 0.15) is 6.10 Å². The molecule has 2 nitrogen and oxygen atoms in total. The van der Waals surface area contributed by atoms with Crippen molar-refractivity contribution in [2.75, 3.05) is 0 Å². The fraction of sp³-hybridized carbons (Fsp3) is 0.278. The first-order valence-electron chi connectivity index (χ1n) is 6.75. The van der Waals surface area contributed by atoms with Crippen LogP contribution in [0.15, 0.2) is 36.4 Å². The van der Waals surface area contributed by atoms with Crippen LogP contribution in [0.5, 0.6) is 0 Å². The van der Waals surface area contributed by atoms with Crippen LogP contribution in [0.1, 0.15) is 44.3 Å². The molecule has 0 aromatic heterocycles. The van der Waals surface area contributed by atoms with Crippen molar-refractivity contribution in [3.8, 4) is 0 Å². The molecule has 20 heavy (non-hydrogen) atoms. The largest absolute Gasteiger partial charge is 0.380 e. The first-order valence-corrected chi connectivity index (χ1v) is 6.75. The summed E-state index contributed by atoms with van der Waals surface area (Å²) >= 11 is 0. The van der Waals surface area contributed by atoms with E-state index >= 15 is 0 Å². The summed E-state index contributed by atoms with van der Waals surface area (Å²) in [6.07, 6.45) is -1.10. The molecule has 0 fully saturated rings. The Labute approximate surface area is 120 Å². The third-order valence-electron chi connectivity index (χ3n) is 3.31. The molecular weight excluding hydrogens is 248 g/mol. The Kier molecular flexibility index (Phi) is 4.05. The van der Waals surface area contributed by atoms with E-state index in [1.54, 1.807) is 0 Å². The number of aliphatic hydroxyl groups is 1. The van der Waals surface area contributed by atoms with Crippen LogP contribution in [0.2, 0.25) is 0 Å². The zero-order valence-corrected chi connectivity index (χ0v) is 12.4. The summed E-state index contributed by atoms with van der Waals surface area (Å²) in [5, 5.41) is 10.3. The van der Waals surface area contributed by atoms with Crippen molar-refractivity contribution >= 4 is 5.78 Å². The van der Waals surface area contributed by atoms with Crippen LogP contribution in [0.25, 0.3) is 0 Å². The van der Waals surface area contributed by atoms with Crippen LogP contribution in [-0.2, 0) is 0 Å². The Morgan fingerprint density at radius 3 is 1.65 bits per heavy atom. The second-order valence-corrected chi connectivity index (χ2v) is 5.56. The molecule has 0 heterocycles. The summed E-state index contributed by atoms with van der Waals surface area (Å²) in [6.45, 7) is 7.83. The van der Waals surface area contributed by atoms with E-state index in [1.807, 2.05) is 64.1 Å². The molecular formula is C18H20O2. The fourth-order valence-corrected chi connectivity index (χ4v) is 2.59. The van der Waals surface area contributed by atoms with Crippen LogP contribution < -0.4 is 0 Å². The highest BCUT2D eigenvalue weighted by Gasteiger charge is 2.20. The zero-order chi connectivity index (χ0) is 14.9. The van der Waals surface area contributed by atoms with Gasteiger partial charge in [0.15, 0.2) is 5.78 Å². The summed E-state index contributed by atoms with van der Waals surface area (Å²) in [5.41, 5.74) is 5.38. The molecule has 0 amide bonds. The predicted octanol–water partition coefficient (Wildman–Crippen LogP) is 3.84. The van der Waals surface area contributed by atoms with Crippen LogP contribution in [0.3, 0.4) is 0 Å². The highest BCUT2D eigenvalue weighted by Crippen LogP contribution is 2.22. The maximum atomic E-state index is 12.4. The molecule has 2 aromatic carbocycles. The van der Waals surface area contributed by atoms with Gasteiger partial charge < -0.3 is 5.11 Å². The predicted molar refractivity (Wildman–Crippen MR) is 81.1 cm³/mol. The number of hydrogen-bond acceptors (Lipinski definition) is 2. The number of carbonyl (C=O) groups excluding carboxylic acids is 1. The normalized spacial score (nSPS) is 12.2. The second-order valence-electron chi connectivity index (χ2n) is 5.56. The molecule has 1 unspecified atom stereocenters. The number of Topliss-reactive ketones (excluding diaryl/α,β-unsaturated/α-hetero) is 1. The molecule has 0 aliphatic heterocycles. The number of aliphatic hydroxyl groups excluding tert-OH is 1. The van der Waals surface area contributed by atoms with E-state index in [4.69, 9.17) is 0 Å². The van der Waals surface area contributed by atoms with Crippen molar-refractivity contribution in [2.45, 2.75) is 33.8 Å². The summed E-state index contributed by atoms with van der Waals surface area (Å²) < 4.78 is 0.